The molecule has 1 atom stereocenters. The molecule has 162 valence electrons. The van der Waals surface area contributed by atoms with Crippen molar-refractivity contribution in [2.24, 2.45) is 7.05 Å². The molecule has 0 aliphatic carbocycles. The average molecular weight is 431 g/mol. The minimum atomic E-state index is -4.46. The molecule has 0 fully saturated rings. The number of fused-ring (bicyclic) bond motifs is 1. The third-order valence-electron chi connectivity index (χ3n) is 5.29. The lowest BCUT2D eigenvalue weighted by Crippen LogP contribution is -2.24. The number of carbonyl (C=O) groups is 1. The normalized spacial score (nSPS) is 15.9. The number of hydrogen-bond donors (Lipinski definition) is 1. The first-order valence-electron chi connectivity index (χ1n) is 9.55. The molecule has 0 bridgehead atoms. The van der Waals surface area contributed by atoms with Gasteiger partial charge in [-0.1, -0.05) is 24.3 Å². The molecule has 0 saturated carbocycles. The number of nitrogens with zero attached hydrogens (tertiary/aromatic N) is 2. The highest BCUT2D eigenvalue weighted by molar-refractivity contribution is 5.94. The van der Waals surface area contributed by atoms with Crippen molar-refractivity contribution in [2.75, 3.05) is 12.4 Å². The van der Waals surface area contributed by atoms with Crippen LogP contribution in [0.1, 0.15) is 34.6 Å². The number of aromatic nitrogens is 2. The smallest absolute Gasteiger partial charge is 0.416 e. The number of anilines is 1. The number of amides is 1. The van der Waals surface area contributed by atoms with Crippen LogP contribution in [0.2, 0.25) is 0 Å². The van der Waals surface area contributed by atoms with Gasteiger partial charge in [0.25, 0.3) is 0 Å². The summed E-state index contributed by atoms with van der Waals surface area (Å²) >= 11 is 0. The SMILES string of the molecule is COc1cc(C2CC(=O)Nc3c2cnn3C)ccc1OCc1ccccc1C(F)(F)F. The summed E-state index contributed by atoms with van der Waals surface area (Å²) in [5.74, 6) is 0.994. The van der Waals surface area contributed by atoms with E-state index in [1.165, 1.54) is 25.3 Å². The lowest BCUT2D eigenvalue weighted by atomic mass is 9.87. The van der Waals surface area contributed by atoms with Crippen LogP contribution in [0, 0.1) is 0 Å². The third-order valence-corrected chi connectivity index (χ3v) is 5.29. The molecule has 6 nitrogen and oxygen atoms in total. The fourth-order valence-corrected chi connectivity index (χ4v) is 3.74. The van der Waals surface area contributed by atoms with Gasteiger partial charge in [0.15, 0.2) is 11.5 Å². The van der Waals surface area contributed by atoms with E-state index in [-0.39, 0.29) is 30.4 Å². The second-order valence-corrected chi connectivity index (χ2v) is 7.23. The Bertz CT molecular complexity index is 1120. The van der Waals surface area contributed by atoms with Crippen molar-refractivity contribution in [1.82, 2.24) is 9.78 Å². The number of ether oxygens (including phenoxy) is 2. The van der Waals surface area contributed by atoms with E-state index in [0.717, 1.165) is 17.2 Å². The number of rotatable bonds is 5. The Labute approximate surface area is 176 Å². The number of carbonyl (C=O) groups excluding carboxylic acids is 1. The largest absolute Gasteiger partial charge is 0.493 e. The fraction of sp³-hybridized carbons (Fsp3) is 0.273. The van der Waals surface area contributed by atoms with Gasteiger partial charge in [0.05, 0.1) is 18.9 Å². The van der Waals surface area contributed by atoms with Gasteiger partial charge < -0.3 is 14.8 Å². The highest BCUT2D eigenvalue weighted by Crippen LogP contribution is 2.40. The molecule has 2 heterocycles. The molecule has 31 heavy (non-hydrogen) atoms. The zero-order valence-corrected chi connectivity index (χ0v) is 16.9. The zero-order chi connectivity index (χ0) is 22.2. The number of halogens is 3. The minimum absolute atomic E-state index is 0.0325. The van der Waals surface area contributed by atoms with E-state index in [2.05, 4.69) is 10.4 Å². The maximum atomic E-state index is 13.2. The number of aryl methyl sites for hydroxylation is 1. The Morgan fingerprint density at radius 3 is 2.71 bits per heavy atom. The van der Waals surface area contributed by atoms with Gasteiger partial charge in [-0.05, 0) is 23.8 Å². The summed E-state index contributed by atoms with van der Waals surface area (Å²) in [6.45, 7) is -0.260. The summed E-state index contributed by atoms with van der Waals surface area (Å²) < 4.78 is 52.3. The van der Waals surface area contributed by atoms with Crippen LogP contribution in [0.15, 0.2) is 48.7 Å². The average Bonchev–Trinajstić information content (AvgIpc) is 3.11. The summed E-state index contributed by atoms with van der Waals surface area (Å²) in [5.41, 5.74) is 1.01. The predicted molar refractivity (Wildman–Crippen MR) is 107 cm³/mol. The molecule has 4 rings (SSSR count). The predicted octanol–water partition coefficient (Wildman–Crippen LogP) is 4.50. The molecule has 9 heteroatoms. The van der Waals surface area contributed by atoms with E-state index in [1.54, 1.807) is 36.1 Å². The highest BCUT2D eigenvalue weighted by atomic mass is 19.4. The monoisotopic (exact) mass is 431 g/mol. The van der Waals surface area contributed by atoms with Gasteiger partial charge >= 0.3 is 6.18 Å². The van der Waals surface area contributed by atoms with Crippen molar-refractivity contribution in [1.29, 1.82) is 0 Å². The Morgan fingerprint density at radius 1 is 1.19 bits per heavy atom. The molecule has 0 saturated heterocycles. The first-order valence-corrected chi connectivity index (χ1v) is 9.55. The maximum Gasteiger partial charge on any atom is 0.416 e. The molecule has 1 amide bonds. The molecule has 0 spiro atoms. The standard InChI is InChI=1S/C22H20F3N3O3/c1-28-21-16(11-26-28)15(10-20(29)27-21)13-7-8-18(19(9-13)30-2)31-12-14-5-3-4-6-17(14)22(23,24)25/h3-9,11,15H,10,12H2,1-2H3,(H,27,29). The summed E-state index contributed by atoms with van der Waals surface area (Å²) in [6, 6.07) is 10.5. The van der Waals surface area contributed by atoms with Crippen LogP contribution in [0.3, 0.4) is 0 Å². The number of alkyl halides is 3. The molecule has 0 radical (unpaired) electrons. The molecule has 1 unspecified atom stereocenters. The Morgan fingerprint density at radius 2 is 1.97 bits per heavy atom. The van der Waals surface area contributed by atoms with Crippen LogP contribution in [0.25, 0.3) is 0 Å². The number of hydrogen-bond acceptors (Lipinski definition) is 4. The van der Waals surface area contributed by atoms with Crippen LogP contribution in [-0.2, 0) is 24.6 Å². The summed E-state index contributed by atoms with van der Waals surface area (Å²) in [4.78, 5) is 12.2. The molecular formula is C22H20F3N3O3. The van der Waals surface area contributed by atoms with Crippen LogP contribution < -0.4 is 14.8 Å². The van der Waals surface area contributed by atoms with Crippen molar-refractivity contribution in [2.45, 2.75) is 25.1 Å². The molecule has 1 N–H and O–H groups in total. The fourth-order valence-electron chi connectivity index (χ4n) is 3.74. The number of benzene rings is 2. The van der Waals surface area contributed by atoms with Crippen molar-refractivity contribution in [3.8, 4) is 11.5 Å². The van der Waals surface area contributed by atoms with Gasteiger partial charge in [-0.2, -0.15) is 18.3 Å². The Hall–Kier alpha value is -3.49. The van der Waals surface area contributed by atoms with Crippen molar-refractivity contribution in [3.05, 3.63) is 70.9 Å². The van der Waals surface area contributed by atoms with E-state index in [9.17, 15) is 18.0 Å². The molecule has 2 aromatic carbocycles. The van der Waals surface area contributed by atoms with Gasteiger partial charge in [-0.3, -0.25) is 9.48 Å². The lowest BCUT2D eigenvalue weighted by molar-refractivity contribution is -0.138. The van der Waals surface area contributed by atoms with Crippen LogP contribution in [0.5, 0.6) is 11.5 Å². The maximum absolute atomic E-state index is 13.2. The lowest BCUT2D eigenvalue weighted by Gasteiger charge is -2.24. The highest BCUT2D eigenvalue weighted by Gasteiger charge is 2.33. The molecule has 1 aromatic heterocycles. The molecular weight excluding hydrogens is 411 g/mol. The van der Waals surface area contributed by atoms with Crippen LogP contribution >= 0.6 is 0 Å². The summed E-state index contributed by atoms with van der Waals surface area (Å²) in [5, 5.41) is 7.03. The van der Waals surface area contributed by atoms with Gasteiger partial charge in [0.2, 0.25) is 5.91 Å². The van der Waals surface area contributed by atoms with Crippen molar-refractivity contribution in [3.63, 3.8) is 0 Å². The van der Waals surface area contributed by atoms with Gasteiger partial charge in [0, 0.05) is 30.5 Å². The van der Waals surface area contributed by atoms with E-state index in [1.807, 2.05) is 0 Å². The third kappa shape index (κ3) is 4.08. The number of methoxy groups -OCH3 is 1. The number of nitrogens with one attached hydrogen (secondary N) is 1. The van der Waals surface area contributed by atoms with Gasteiger partial charge in [-0.25, -0.2) is 0 Å². The van der Waals surface area contributed by atoms with Gasteiger partial charge in [0.1, 0.15) is 12.4 Å². The Kier molecular flexibility index (Phi) is 5.34. The quantitative estimate of drug-likeness (QED) is 0.646. The second kappa shape index (κ2) is 7.98. The van der Waals surface area contributed by atoms with Crippen LogP contribution in [0.4, 0.5) is 19.0 Å². The van der Waals surface area contributed by atoms with E-state index in [4.69, 9.17) is 9.47 Å². The molecule has 1 aliphatic rings. The van der Waals surface area contributed by atoms with Crippen molar-refractivity contribution < 1.29 is 27.4 Å². The topological polar surface area (TPSA) is 65.4 Å². The van der Waals surface area contributed by atoms with E-state index in [0.29, 0.717) is 17.3 Å². The Balaban J connectivity index is 1.60. The first-order chi connectivity index (χ1) is 14.8. The van der Waals surface area contributed by atoms with Crippen LogP contribution in [-0.4, -0.2) is 22.8 Å². The van der Waals surface area contributed by atoms with E-state index < -0.39 is 11.7 Å². The molecule has 3 aromatic rings. The zero-order valence-electron chi connectivity index (χ0n) is 16.9. The first kappa shape index (κ1) is 20.8. The summed E-state index contributed by atoms with van der Waals surface area (Å²) in [6.07, 6.45) is -2.50. The second-order valence-electron chi connectivity index (χ2n) is 7.23. The van der Waals surface area contributed by atoms with Gasteiger partial charge in [-0.15, -0.1) is 0 Å². The molecule has 1 aliphatic heterocycles. The summed E-state index contributed by atoms with van der Waals surface area (Å²) in [7, 11) is 3.20. The van der Waals surface area contributed by atoms with E-state index >= 15 is 0 Å². The minimum Gasteiger partial charge on any atom is -0.493 e. The van der Waals surface area contributed by atoms with Crippen molar-refractivity contribution >= 4 is 11.7 Å².